The number of hydrogen-bond donors (Lipinski definition) is 1. The van der Waals surface area contributed by atoms with Crippen molar-refractivity contribution >= 4 is 0 Å². The van der Waals surface area contributed by atoms with Crippen molar-refractivity contribution in [3.05, 3.63) is 65.0 Å². The van der Waals surface area contributed by atoms with E-state index in [1.165, 1.54) is 28.7 Å². The standard InChI is InChI=1S/C19H25N3/c1-15-4-6-17(7-5-15)19(18-8-10-21-14-16(18)2)22-12-3-9-20-11-13-22/h4-8,10,14,19-20H,3,9,11-13H2,1-2H3. The second-order valence-corrected chi connectivity index (χ2v) is 6.19. The molecule has 1 unspecified atom stereocenters. The molecule has 1 atom stereocenters. The van der Waals surface area contributed by atoms with Gasteiger partial charge in [-0.3, -0.25) is 9.88 Å². The van der Waals surface area contributed by atoms with Crippen LogP contribution < -0.4 is 5.32 Å². The molecule has 1 fully saturated rings. The molecule has 3 rings (SSSR count). The first kappa shape index (κ1) is 15.2. The van der Waals surface area contributed by atoms with Crippen molar-refractivity contribution in [1.29, 1.82) is 0 Å². The fraction of sp³-hybridized carbons (Fsp3) is 0.421. The number of nitrogens with zero attached hydrogens (tertiary/aromatic N) is 2. The van der Waals surface area contributed by atoms with E-state index in [1.54, 1.807) is 0 Å². The minimum absolute atomic E-state index is 0.323. The van der Waals surface area contributed by atoms with Gasteiger partial charge >= 0.3 is 0 Å². The molecule has 3 nitrogen and oxygen atoms in total. The molecule has 1 aromatic carbocycles. The summed E-state index contributed by atoms with van der Waals surface area (Å²) in [5.41, 5.74) is 5.33. The van der Waals surface area contributed by atoms with Crippen LogP contribution in [0.15, 0.2) is 42.7 Å². The van der Waals surface area contributed by atoms with Crippen LogP contribution in [0.3, 0.4) is 0 Å². The first-order valence-corrected chi connectivity index (χ1v) is 8.17. The summed E-state index contributed by atoms with van der Waals surface area (Å²) >= 11 is 0. The van der Waals surface area contributed by atoms with E-state index in [1.807, 2.05) is 12.4 Å². The lowest BCUT2D eigenvalue weighted by Gasteiger charge is -2.32. The van der Waals surface area contributed by atoms with Crippen LogP contribution in [-0.4, -0.2) is 36.1 Å². The van der Waals surface area contributed by atoms with Crippen molar-refractivity contribution in [3.8, 4) is 0 Å². The van der Waals surface area contributed by atoms with Crippen molar-refractivity contribution in [2.75, 3.05) is 26.2 Å². The molecule has 0 spiro atoms. The summed E-state index contributed by atoms with van der Waals surface area (Å²) in [6.45, 7) is 8.71. The normalized spacial score (nSPS) is 17.9. The molecule has 0 bridgehead atoms. The molecule has 0 saturated carbocycles. The van der Waals surface area contributed by atoms with Crippen molar-refractivity contribution in [1.82, 2.24) is 15.2 Å². The molecule has 1 aliphatic heterocycles. The van der Waals surface area contributed by atoms with Gasteiger partial charge in [0.25, 0.3) is 0 Å². The number of pyridine rings is 1. The van der Waals surface area contributed by atoms with Gasteiger partial charge in [0.1, 0.15) is 0 Å². The first-order chi connectivity index (χ1) is 10.8. The third-order valence-electron chi connectivity index (χ3n) is 4.49. The van der Waals surface area contributed by atoms with Crippen LogP contribution in [0.25, 0.3) is 0 Å². The maximum Gasteiger partial charge on any atom is 0.0605 e. The Labute approximate surface area is 133 Å². The summed E-state index contributed by atoms with van der Waals surface area (Å²) in [6.07, 6.45) is 5.10. The highest BCUT2D eigenvalue weighted by Gasteiger charge is 2.24. The third-order valence-corrected chi connectivity index (χ3v) is 4.49. The molecular formula is C19H25N3. The Morgan fingerprint density at radius 3 is 2.64 bits per heavy atom. The van der Waals surface area contributed by atoms with Crippen LogP contribution in [0.1, 0.15) is 34.7 Å². The molecule has 2 aromatic rings. The highest BCUT2D eigenvalue weighted by molar-refractivity contribution is 5.36. The van der Waals surface area contributed by atoms with E-state index in [-0.39, 0.29) is 0 Å². The predicted molar refractivity (Wildman–Crippen MR) is 91.1 cm³/mol. The van der Waals surface area contributed by atoms with Gasteiger partial charge in [0.15, 0.2) is 0 Å². The molecule has 22 heavy (non-hydrogen) atoms. The average Bonchev–Trinajstić information content (AvgIpc) is 2.80. The van der Waals surface area contributed by atoms with Crippen LogP contribution in [0.4, 0.5) is 0 Å². The van der Waals surface area contributed by atoms with Gasteiger partial charge in [-0.05, 0) is 49.6 Å². The number of aromatic nitrogens is 1. The molecule has 1 saturated heterocycles. The minimum atomic E-state index is 0.323. The zero-order valence-corrected chi connectivity index (χ0v) is 13.5. The maximum absolute atomic E-state index is 4.27. The van der Waals surface area contributed by atoms with Gasteiger partial charge in [-0.15, -0.1) is 0 Å². The zero-order chi connectivity index (χ0) is 15.4. The van der Waals surface area contributed by atoms with Gasteiger partial charge < -0.3 is 5.32 Å². The second kappa shape index (κ2) is 7.03. The van der Waals surface area contributed by atoms with Crippen molar-refractivity contribution in [3.63, 3.8) is 0 Å². The van der Waals surface area contributed by atoms with Crippen LogP contribution in [0, 0.1) is 13.8 Å². The van der Waals surface area contributed by atoms with Crippen LogP contribution >= 0.6 is 0 Å². The monoisotopic (exact) mass is 295 g/mol. The number of nitrogens with one attached hydrogen (secondary N) is 1. The summed E-state index contributed by atoms with van der Waals surface area (Å²) in [6, 6.07) is 11.5. The van der Waals surface area contributed by atoms with Crippen molar-refractivity contribution < 1.29 is 0 Å². The number of hydrogen-bond acceptors (Lipinski definition) is 3. The Morgan fingerprint density at radius 1 is 1.05 bits per heavy atom. The Balaban J connectivity index is 2.01. The molecule has 2 heterocycles. The molecule has 0 aliphatic carbocycles. The SMILES string of the molecule is Cc1ccc(C(c2ccncc2C)N2CCCNCC2)cc1. The van der Waals surface area contributed by atoms with Crippen molar-refractivity contribution in [2.24, 2.45) is 0 Å². The zero-order valence-electron chi connectivity index (χ0n) is 13.5. The van der Waals surface area contributed by atoms with Gasteiger partial charge in [0.2, 0.25) is 0 Å². The molecular weight excluding hydrogens is 270 g/mol. The molecule has 3 heteroatoms. The van der Waals surface area contributed by atoms with Gasteiger partial charge in [0, 0.05) is 32.0 Å². The average molecular weight is 295 g/mol. The van der Waals surface area contributed by atoms with Crippen LogP contribution in [-0.2, 0) is 0 Å². The Hall–Kier alpha value is -1.71. The highest BCUT2D eigenvalue weighted by Crippen LogP contribution is 2.31. The van der Waals surface area contributed by atoms with Crippen molar-refractivity contribution in [2.45, 2.75) is 26.3 Å². The lowest BCUT2D eigenvalue weighted by atomic mass is 9.94. The fourth-order valence-corrected chi connectivity index (χ4v) is 3.25. The summed E-state index contributed by atoms with van der Waals surface area (Å²) in [7, 11) is 0. The molecule has 1 N–H and O–H groups in total. The van der Waals surface area contributed by atoms with E-state index >= 15 is 0 Å². The lowest BCUT2D eigenvalue weighted by molar-refractivity contribution is 0.240. The maximum atomic E-state index is 4.27. The molecule has 1 aromatic heterocycles. The van der Waals surface area contributed by atoms with Gasteiger partial charge in [-0.1, -0.05) is 29.8 Å². The number of benzene rings is 1. The van der Waals surface area contributed by atoms with Gasteiger partial charge in [0.05, 0.1) is 6.04 Å². The predicted octanol–water partition coefficient (Wildman–Crippen LogP) is 3.08. The van der Waals surface area contributed by atoms with E-state index < -0.39 is 0 Å². The summed E-state index contributed by atoms with van der Waals surface area (Å²) in [4.78, 5) is 6.87. The molecule has 1 aliphatic rings. The van der Waals surface area contributed by atoms with E-state index in [0.717, 1.165) is 26.2 Å². The number of aryl methyl sites for hydroxylation is 2. The topological polar surface area (TPSA) is 28.2 Å². The second-order valence-electron chi connectivity index (χ2n) is 6.19. The molecule has 116 valence electrons. The summed E-state index contributed by atoms with van der Waals surface area (Å²) in [5.74, 6) is 0. The van der Waals surface area contributed by atoms with E-state index in [0.29, 0.717) is 6.04 Å². The minimum Gasteiger partial charge on any atom is -0.315 e. The highest BCUT2D eigenvalue weighted by atomic mass is 15.2. The smallest absolute Gasteiger partial charge is 0.0605 e. The summed E-state index contributed by atoms with van der Waals surface area (Å²) in [5, 5.41) is 3.50. The number of rotatable bonds is 3. The van der Waals surface area contributed by atoms with Crippen LogP contribution in [0.2, 0.25) is 0 Å². The Bertz CT molecular complexity index is 598. The molecule has 0 amide bonds. The first-order valence-electron chi connectivity index (χ1n) is 8.17. The largest absolute Gasteiger partial charge is 0.315 e. The quantitative estimate of drug-likeness (QED) is 0.943. The lowest BCUT2D eigenvalue weighted by Crippen LogP contribution is -2.33. The van der Waals surface area contributed by atoms with E-state index in [2.05, 4.69) is 59.4 Å². The van der Waals surface area contributed by atoms with E-state index in [9.17, 15) is 0 Å². The Morgan fingerprint density at radius 2 is 1.86 bits per heavy atom. The molecule has 0 radical (unpaired) electrons. The Kier molecular flexibility index (Phi) is 4.86. The van der Waals surface area contributed by atoms with Gasteiger partial charge in [-0.25, -0.2) is 0 Å². The third kappa shape index (κ3) is 3.37. The van der Waals surface area contributed by atoms with Crippen LogP contribution in [0.5, 0.6) is 0 Å². The fourth-order valence-electron chi connectivity index (χ4n) is 3.25. The summed E-state index contributed by atoms with van der Waals surface area (Å²) < 4.78 is 0. The van der Waals surface area contributed by atoms with Gasteiger partial charge in [-0.2, -0.15) is 0 Å². The van der Waals surface area contributed by atoms with E-state index in [4.69, 9.17) is 0 Å².